The van der Waals surface area contributed by atoms with E-state index in [9.17, 15) is 0 Å². The Morgan fingerprint density at radius 1 is 1.16 bits per heavy atom. The Bertz CT molecular complexity index is 572. The first kappa shape index (κ1) is 14.7. The molecule has 0 radical (unpaired) electrons. The molecule has 100 valence electrons. The van der Waals surface area contributed by atoms with Gasteiger partial charge in [0.25, 0.3) is 0 Å². The van der Waals surface area contributed by atoms with Gasteiger partial charge in [-0.05, 0) is 36.2 Å². The molecule has 2 N–H and O–H groups in total. The summed E-state index contributed by atoms with van der Waals surface area (Å²) in [5, 5.41) is 1.41. The summed E-state index contributed by atoms with van der Waals surface area (Å²) in [4.78, 5) is 0.971. The van der Waals surface area contributed by atoms with Crippen molar-refractivity contribution in [3.63, 3.8) is 0 Å². The van der Waals surface area contributed by atoms with Crippen LogP contribution in [0.4, 0.5) is 0 Å². The average molecular weight is 312 g/mol. The standard InChI is InChI=1S/C15H15Cl2NS/c1-10-4-2-3-5-12(10)14(18)9-19-15-8-11(16)6-7-13(15)17/h2-8,14H,9,18H2,1H3. The zero-order chi connectivity index (χ0) is 13.8. The third kappa shape index (κ3) is 3.90. The smallest absolute Gasteiger partial charge is 0.0542 e. The first-order valence-corrected chi connectivity index (χ1v) is 7.71. The lowest BCUT2D eigenvalue weighted by atomic mass is 10.0. The van der Waals surface area contributed by atoms with Crippen molar-refractivity contribution in [1.82, 2.24) is 0 Å². The van der Waals surface area contributed by atoms with Crippen LogP contribution >= 0.6 is 35.0 Å². The van der Waals surface area contributed by atoms with E-state index in [4.69, 9.17) is 28.9 Å². The minimum absolute atomic E-state index is 0.0127. The second kappa shape index (κ2) is 6.67. The topological polar surface area (TPSA) is 26.0 Å². The molecule has 0 saturated carbocycles. The van der Waals surface area contributed by atoms with E-state index < -0.39 is 0 Å². The number of nitrogens with two attached hydrogens (primary N) is 1. The minimum Gasteiger partial charge on any atom is -0.323 e. The number of hydrogen-bond acceptors (Lipinski definition) is 2. The molecule has 0 bridgehead atoms. The van der Waals surface area contributed by atoms with Gasteiger partial charge in [-0.2, -0.15) is 0 Å². The van der Waals surface area contributed by atoms with E-state index >= 15 is 0 Å². The molecule has 0 amide bonds. The largest absolute Gasteiger partial charge is 0.323 e. The molecule has 1 unspecified atom stereocenters. The molecular weight excluding hydrogens is 297 g/mol. The molecular formula is C15H15Cl2NS. The lowest BCUT2D eigenvalue weighted by Gasteiger charge is -2.14. The van der Waals surface area contributed by atoms with Gasteiger partial charge in [-0.25, -0.2) is 0 Å². The van der Waals surface area contributed by atoms with Gasteiger partial charge in [-0.1, -0.05) is 47.5 Å². The molecule has 1 nitrogen and oxygen atoms in total. The number of halogens is 2. The molecule has 0 heterocycles. The van der Waals surface area contributed by atoms with Crippen LogP contribution in [0, 0.1) is 6.92 Å². The summed E-state index contributed by atoms with van der Waals surface area (Å²) in [5.41, 5.74) is 8.62. The number of rotatable bonds is 4. The highest BCUT2D eigenvalue weighted by Gasteiger charge is 2.10. The van der Waals surface area contributed by atoms with Crippen molar-refractivity contribution in [3.8, 4) is 0 Å². The second-order valence-electron chi connectivity index (χ2n) is 4.35. The van der Waals surface area contributed by atoms with Crippen molar-refractivity contribution in [2.45, 2.75) is 17.9 Å². The van der Waals surface area contributed by atoms with Crippen LogP contribution in [-0.2, 0) is 0 Å². The maximum atomic E-state index is 6.23. The Labute approximate surface area is 128 Å². The van der Waals surface area contributed by atoms with Gasteiger partial charge in [-0.15, -0.1) is 11.8 Å². The molecule has 0 aliphatic heterocycles. The van der Waals surface area contributed by atoms with Crippen LogP contribution in [0.3, 0.4) is 0 Å². The predicted molar refractivity (Wildman–Crippen MR) is 85.3 cm³/mol. The number of thioether (sulfide) groups is 1. The van der Waals surface area contributed by atoms with Gasteiger partial charge in [0.2, 0.25) is 0 Å². The fourth-order valence-corrected chi connectivity index (χ4v) is 3.33. The van der Waals surface area contributed by atoms with Crippen LogP contribution in [-0.4, -0.2) is 5.75 Å². The maximum Gasteiger partial charge on any atom is 0.0542 e. The van der Waals surface area contributed by atoms with Gasteiger partial charge in [0.15, 0.2) is 0 Å². The molecule has 0 aliphatic rings. The predicted octanol–water partition coefficient (Wildman–Crippen LogP) is 5.09. The Hall–Kier alpha value is -0.670. The van der Waals surface area contributed by atoms with E-state index in [1.54, 1.807) is 17.8 Å². The molecule has 0 fully saturated rings. The van der Waals surface area contributed by atoms with Crippen molar-refractivity contribution < 1.29 is 0 Å². The van der Waals surface area contributed by atoms with Crippen LogP contribution in [0.5, 0.6) is 0 Å². The van der Waals surface area contributed by atoms with Crippen LogP contribution in [0.1, 0.15) is 17.2 Å². The van der Waals surface area contributed by atoms with Gasteiger partial charge >= 0.3 is 0 Å². The van der Waals surface area contributed by atoms with E-state index in [-0.39, 0.29) is 6.04 Å². The summed E-state index contributed by atoms with van der Waals surface area (Å²) >= 11 is 13.7. The fourth-order valence-electron chi connectivity index (χ4n) is 1.86. The molecule has 19 heavy (non-hydrogen) atoms. The highest BCUT2D eigenvalue weighted by Crippen LogP contribution is 2.32. The van der Waals surface area contributed by atoms with Crippen molar-refractivity contribution in [3.05, 3.63) is 63.6 Å². The van der Waals surface area contributed by atoms with Gasteiger partial charge in [0.05, 0.1) is 5.02 Å². The van der Waals surface area contributed by atoms with Crippen LogP contribution < -0.4 is 5.73 Å². The number of hydrogen-bond donors (Lipinski definition) is 1. The maximum absolute atomic E-state index is 6.23. The average Bonchev–Trinajstić information content (AvgIpc) is 2.40. The van der Waals surface area contributed by atoms with Crippen molar-refractivity contribution >= 4 is 35.0 Å². The first-order valence-electron chi connectivity index (χ1n) is 5.97. The monoisotopic (exact) mass is 311 g/mol. The highest BCUT2D eigenvalue weighted by molar-refractivity contribution is 7.99. The molecule has 2 aromatic carbocycles. The van der Waals surface area contributed by atoms with Gasteiger partial charge in [0.1, 0.15) is 0 Å². The van der Waals surface area contributed by atoms with E-state index in [1.807, 2.05) is 24.3 Å². The number of aryl methyl sites for hydroxylation is 1. The van der Waals surface area contributed by atoms with Crippen LogP contribution in [0.25, 0.3) is 0 Å². The van der Waals surface area contributed by atoms with Gasteiger partial charge < -0.3 is 5.73 Å². The van der Waals surface area contributed by atoms with Crippen LogP contribution in [0.2, 0.25) is 10.0 Å². The molecule has 0 aromatic heterocycles. The third-order valence-electron chi connectivity index (χ3n) is 2.90. The Kier molecular flexibility index (Phi) is 5.17. The summed E-state index contributed by atoms with van der Waals surface area (Å²) in [6.45, 7) is 2.08. The molecule has 4 heteroatoms. The van der Waals surface area contributed by atoms with Gasteiger partial charge in [0, 0.05) is 21.7 Å². The Morgan fingerprint density at radius 3 is 2.63 bits per heavy atom. The normalized spacial score (nSPS) is 12.4. The van der Waals surface area contributed by atoms with Crippen molar-refractivity contribution in [2.75, 3.05) is 5.75 Å². The van der Waals surface area contributed by atoms with E-state index in [2.05, 4.69) is 19.1 Å². The van der Waals surface area contributed by atoms with E-state index in [0.29, 0.717) is 10.0 Å². The quantitative estimate of drug-likeness (QED) is 0.795. The zero-order valence-electron chi connectivity index (χ0n) is 10.6. The van der Waals surface area contributed by atoms with Crippen molar-refractivity contribution in [2.24, 2.45) is 5.73 Å². The molecule has 1 atom stereocenters. The van der Waals surface area contributed by atoms with Crippen molar-refractivity contribution in [1.29, 1.82) is 0 Å². The lowest BCUT2D eigenvalue weighted by Crippen LogP contribution is -2.14. The summed E-state index contributed by atoms with van der Waals surface area (Å²) in [6.07, 6.45) is 0. The highest BCUT2D eigenvalue weighted by atomic mass is 35.5. The fraction of sp³-hybridized carbons (Fsp3) is 0.200. The molecule has 0 aliphatic carbocycles. The summed E-state index contributed by atoms with van der Waals surface area (Å²) in [5.74, 6) is 0.769. The Balaban J connectivity index is 2.06. The second-order valence-corrected chi connectivity index (χ2v) is 6.25. The van der Waals surface area contributed by atoms with Crippen LogP contribution in [0.15, 0.2) is 47.4 Å². The Morgan fingerprint density at radius 2 is 1.89 bits per heavy atom. The summed E-state index contributed by atoms with van der Waals surface area (Å²) in [7, 11) is 0. The zero-order valence-corrected chi connectivity index (χ0v) is 12.9. The van der Waals surface area contributed by atoms with Gasteiger partial charge in [-0.3, -0.25) is 0 Å². The van der Waals surface area contributed by atoms with E-state index in [1.165, 1.54) is 11.1 Å². The lowest BCUT2D eigenvalue weighted by molar-refractivity contribution is 0.823. The molecule has 2 rings (SSSR count). The molecule has 0 spiro atoms. The third-order valence-corrected chi connectivity index (χ3v) is 4.75. The number of benzene rings is 2. The van der Waals surface area contributed by atoms with E-state index in [0.717, 1.165) is 10.6 Å². The molecule has 0 saturated heterocycles. The minimum atomic E-state index is -0.0127. The molecule has 2 aromatic rings. The first-order chi connectivity index (χ1) is 9.08. The SMILES string of the molecule is Cc1ccccc1C(N)CSc1cc(Cl)ccc1Cl. The summed E-state index contributed by atoms with van der Waals surface area (Å²) in [6, 6.07) is 13.6. The summed E-state index contributed by atoms with van der Waals surface area (Å²) < 4.78 is 0.